The van der Waals surface area contributed by atoms with Crippen LogP contribution in [-0.2, 0) is 14.6 Å². The van der Waals surface area contributed by atoms with Crippen LogP contribution in [0.3, 0.4) is 0 Å². The lowest BCUT2D eigenvalue weighted by atomic mass is 10.2. The molecule has 2 rings (SSSR count). The van der Waals surface area contributed by atoms with Gasteiger partial charge >= 0.3 is 5.97 Å². The van der Waals surface area contributed by atoms with Gasteiger partial charge in [-0.2, -0.15) is 0 Å². The molecular formula is C15H19NO5S. The Hall–Kier alpha value is -1.89. The number of nitrogens with zero attached hydrogens (tertiary/aromatic N) is 1. The molecule has 7 heteroatoms. The Balaban J connectivity index is 2.16. The van der Waals surface area contributed by atoms with Gasteiger partial charge in [-0.05, 0) is 37.1 Å². The van der Waals surface area contributed by atoms with E-state index in [1.54, 1.807) is 0 Å². The highest BCUT2D eigenvalue weighted by Crippen LogP contribution is 2.29. The topological polar surface area (TPSA) is 91.8 Å². The Bertz CT molecular complexity index is 660. The van der Waals surface area contributed by atoms with Crippen molar-refractivity contribution in [1.29, 1.82) is 0 Å². The first-order valence-corrected chi connectivity index (χ1v) is 8.68. The van der Waals surface area contributed by atoms with Gasteiger partial charge in [0, 0.05) is 12.6 Å². The van der Waals surface area contributed by atoms with Crippen molar-refractivity contribution in [3.05, 3.63) is 29.8 Å². The third kappa shape index (κ3) is 3.47. The van der Waals surface area contributed by atoms with Gasteiger partial charge in [0.25, 0.3) is 5.91 Å². The minimum atomic E-state index is -3.34. The molecule has 0 spiro atoms. The molecule has 6 nitrogen and oxygen atoms in total. The molecule has 1 aliphatic carbocycles. The van der Waals surface area contributed by atoms with Crippen molar-refractivity contribution in [2.45, 2.75) is 35.8 Å². The van der Waals surface area contributed by atoms with Gasteiger partial charge < -0.3 is 10.0 Å². The lowest BCUT2D eigenvalue weighted by Crippen LogP contribution is -2.31. The number of carboxylic acid groups (broad SMARTS) is 1. The number of hydrogen-bond acceptors (Lipinski definition) is 4. The number of carboxylic acids is 1. The van der Waals surface area contributed by atoms with Crippen LogP contribution in [0, 0.1) is 0 Å². The van der Waals surface area contributed by atoms with Crippen LogP contribution in [0.5, 0.6) is 0 Å². The highest BCUT2D eigenvalue weighted by atomic mass is 32.2. The maximum atomic E-state index is 12.4. The second-order valence-corrected chi connectivity index (χ2v) is 7.76. The van der Waals surface area contributed by atoms with Crippen LogP contribution in [0.25, 0.3) is 0 Å². The summed E-state index contributed by atoms with van der Waals surface area (Å²) in [6.07, 6.45) is 3.23. The Kier molecular flexibility index (Phi) is 4.85. The molecule has 120 valence electrons. The van der Waals surface area contributed by atoms with E-state index < -0.39 is 28.3 Å². The van der Waals surface area contributed by atoms with Crippen molar-refractivity contribution in [3.8, 4) is 0 Å². The van der Waals surface area contributed by atoms with Gasteiger partial charge in [-0.3, -0.25) is 9.59 Å². The van der Waals surface area contributed by atoms with E-state index in [0.29, 0.717) is 12.8 Å². The van der Waals surface area contributed by atoms with Crippen molar-refractivity contribution in [3.63, 3.8) is 0 Å². The predicted molar refractivity (Wildman–Crippen MR) is 80.5 cm³/mol. The molecule has 1 fully saturated rings. The zero-order valence-electron chi connectivity index (χ0n) is 12.4. The number of benzene rings is 1. The molecule has 0 aliphatic heterocycles. The Labute approximate surface area is 129 Å². The van der Waals surface area contributed by atoms with Crippen molar-refractivity contribution in [2.75, 3.05) is 13.6 Å². The smallest absolute Gasteiger partial charge is 0.323 e. The number of carbonyl (C=O) groups is 2. The Morgan fingerprint density at radius 2 is 1.73 bits per heavy atom. The number of hydrogen-bond donors (Lipinski definition) is 1. The molecule has 0 radical (unpaired) electrons. The zero-order chi connectivity index (χ0) is 16.3. The highest BCUT2D eigenvalue weighted by Gasteiger charge is 2.30. The summed E-state index contributed by atoms with van der Waals surface area (Å²) in [5.41, 5.74) is 0.272. The Morgan fingerprint density at radius 3 is 2.23 bits per heavy atom. The molecule has 0 atom stereocenters. The maximum absolute atomic E-state index is 12.4. The fraction of sp³-hybridized carbons (Fsp3) is 0.467. The highest BCUT2D eigenvalue weighted by molar-refractivity contribution is 7.92. The molecule has 22 heavy (non-hydrogen) atoms. The van der Waals surface area contributed by atoms with Gasteiger partial charge in [0.2, 0.25) is 0 Å². The standard InChI is InChI=1S/C15H19NO5S/c1-16(10-14(17)18)15(19)11-6-8-13(9-7-11)22(20,21)12-4-2-3-5-12/h6-9,12H,2-5,10H2,1H3,(H,17,18). The van der Waals surface area contributed by atoms with Gasteiger partial charge in [0.15, 0.2) is 9.84 Å². The number of amides is 1. The summed E-state index contributed by atoms with van der Waals surface area (Å²) in [4.78, 5) is 23.9. The average molecular weight is 325 g/mol. The summed E-state index contributed by atoms with van der Waals surface area (Å²) in [6, 6.07) is 5.72. The van der Waals surface area contributed by atoms with E-state index in [4.69, 9.17) is 5.11 Å². The maximum Gasteiger partial charge on any atom is 0.323 e. The van der Waals surface area contributed by atoms with Gasteiger partial charge in [0.1, 0.15) is 6.54 Å². The van der Waals surface area contributed by atoms with Gasteiger partial charge in [-0.15, -0.1) is 0 Å². The minimum absolute atomic E-state index is 0.219. The van der Waals surface area contributed by atoms with Gasteiger partial charge in [0.05, 0.1) is 10.1 Å². The molecule has 1 saturated carbocycles. The molecule has 1 aromatic carbocycles. The van der Waals surface area contributed by atoms with Crippen LogP contribution in [0.2, 0.25) is 0 Å². The van der Waals surface area contributed by atoms with E-state index in [9.17, 15) is 18.0 Å². The monoisotopic (exact) mass is 325 g/mol. The molecule has 0 aromatic heterocycles. The fourth-order valence-corrected chi connectivity index (χ4v) is 4.53. The largest absolute Gasteiger partial charge is 0.480 e. The molecule has 1 N–H and O–H groups in total. The SMILES string of the molecule is CN(CC(=O)O)C(=O)c1ccc(S(=O)(=O)C2CCCC2)cc1. The first-order valence-electron chi connectivity index (χ1n) is 7.13. The summed E-state index contributed by atoms with van der Waals surface area (Å²) in [6.45, 7) is -0.402. The molecule has 0 bridgehead atoms. The molecule has 1 amide bonds. The molecular weight excluding hydrogens is 306 g/mol. The minimum Gasteiger partial charge on any atom is -0.480 e. The zero-order valence-corrected chi connectivity index (χ0v) is 13.2. The Morgan fingerprint density at radius 1 is 1.18 bits per heavy atom. The van der Waals surface area contributed by atoms with Crippen molar-refractivity contribution >= 4 is 21.7 Å². The van der Waals surface area contributed by atoms with Crippen LogP contribution in [0.1, 0.15) is 36.0 Å². The first kappa shape index (κ1) is 16.5. The van der Waals surface area contributed by atoms with Crippen LogP contribution in [-0.4, -0.2) is 49.1 Å². The van der Waals surface area contributed by atoms with Crippen molar-refractivity contribution in [2.24, 2.45) is 0 Å². The summed E-state index contributed by atoms with van der Waals surface area (Å²) in [7, 11) is -1.95. The van der Waals surface area contributed by atoms with Gasteiger partial charge in [-0.1, -0.05) is 12.8 Å². The summed E-state index contributed by atoms with van der Waals surface area (Å²) >= 11 is 0. The summed E-state index contributed by atoms with van der Waals surface area (Å²) in [5, 5.41) is 8.35. The average Bonchev–Trinajstić information content (AvgIpc) is 3.01. The van der Waals surface area contributed by atoms with Crippen molar-refractivity contribution < 1.29 is 23.1 Å². The second-order valence-electron chi connectivity index (χ2n) is 5.53. The molecule has 1 aliphatic rings. The second kappa shape index (κ2) is 6.48. The molecule has 0 heterocycles. The quantitative estimate of drug-likeness (QED) is 0.887. The summed E-state index contributed by atoms with van der Waals surface area (Å²) < 4.78 is 24.8. The van der Waals surface area contributed by atoms with Crippen LogP contribution >= 0.6 is 0 Å². The van der Waals surface area contributed by atoms with E-state index in [0.717, 1.165) is 17.7 Å². The van der Waals surface area contributed by atoms with Crippen LogP contribution < -0.4 is 0 Å². The molecule has 1 aromatic rings. The third-order valence-electron chi connectivity index (χ3n) is 3.89. The van der Waals surface area contributed by atoms with E-state index in [-0.39, 0.29) is 15.7 Å². The number of carbonyl (C=O) groups excluding carboxylic acids is 1. The van der Waals surface area contributed by atoms with Crippen LogP contribution in [0.15, 0.2) is 29.2 Å². The number of rotatable bonds is 5. The number of aliphatic carboxylic acids is 1. The number of likely N-dealkylation sites (N-methyl/N-ethyl adjacent to an activating group) is 1. The summed E-state index contributed by atoms with van der Waals surface area (Å²) in [5.74, 6) is -1.55. The fourth-order valence-electron chi connectivity index (χ4n) is 2.67. The predicted octanol–water partition coefficient (Wildman–Crippen LogP) is 1.56. The van der Waals surface area contributed by atoms with Gasteiger partial charge in [-0.25, -0.2) is 8.42 Å². The molecule has 0 unspecified atom stereocenters. The van der Waals surface area contributed by atoms with Crippen LogP contribution in [0.4, 0.5) is 0 Å². The normalized spacial score (nSPS) is 15.7. The first-order chi connectivity index (χ1) is 10.3. The lowest BCUT2D eigenvalue weighted by molar-refractivity contribution is -0.137. The van der Waals surface area contributed by atoms with E-state index in [2.05, 4.69) is 0 Å². The van der Waals surface area contributed by atoms with E-state index >= 15 is 0 Å². The molecule has 0 saturated heterocycles. The van der Waals surface area contributed by atoms with E-state index in [1.165, 1.54) is 31.3 Å². The van der Waals surface area contributed by atoms with Crippen molar-refractivity contribution in [1.82, 2.24) is 4.90 Å². The lowest BCUT2D eigenvalue weighted by Gasteiger charge is -2.15. The third-order valence-corrected chi connectivity index (χ3v) is 6.17. The van der Waals surface area contributed by atoms with E-state index in [1.807, 2.05) is 0 Å². The number of sulfone groups is 1.